The van der Waals surface area contributed by atoms with Crippen LogP contribution in [0.5, 0.6) is 51.7 Å². The molecule has 6 rings (SSSR count). The van der Waals surface area contributed by atoms with Crippen molar-refractivity contribution in [2.75, 3.05) is 0 Å². The average Bonchev–Trinajstić information content (AvgIpc) is 3.51. The molecule has 0 spiro atoms. The summed E-state index contributed by atoms with van der Waals surface area (Å²) in [5, 5.41) is 96.3. The van der Waals surface area contributed by atoms with Gasteiger partial charge in [0.2, 0.25) is 0 Å². The number of phenolic OH excluding ortho intramolecular Hbond substituents is 9. The summed E-state index contributed by atoms with van der Waals surface area (Å²) in [6, 6.07) is 22.0. The monoisotopic (exact) mass is 757 g/mol. The van der Waals surface area contributed by atoms with Crippen molar-refractivity contribution in [2.45, 2.75) is 13.0 Å². The van der Waals surface area contributed by atoms with Crippen LogP contribution in [0.25, 0.3) is 34.4 Å². The fourth-order valence-electron chi connectivity index (χ4n) is 5.99. The Morgan fingerprint density at radius 1 is 0.482 bits per heavy atom. The van der Waals surface area contributed by atoms with E-state index >= 15 is 0 Å². The summed E-state index contributed by atoms with van der Waals surface area (Å²) in [6.07, 6.45) is 5.69. The minimum absolute atomic E-state index is 0.0253. The molecule has 11 N–H and O–H groups in total. The summed E-state index contributed by atoms with van der Waals surface area (Å²) in [4.78, 5) is 29.0. The molecule has 0 aliphatic carbocycles. The topological polar surface area (TPSA) is 245 Å². The molecule has 14 heteroatoms. The van der Waals surface area contributed by atoms with Crippen molar-refractivity contribution in [3.8, 4) is 74.0 Å². The molecular formula is C42H35N3O11. The zero-order valence-corrected chi connectivity index (χ0v) is 29.2. The van der Waals surface area contributed by atoms with E-state index in [-0.39, 0.29) is 75.4 Å². The van der Waals surface area contributed by atoms with E-state index < -0.39 is 34.8 Å². The maximum absolute atomic E-state index is 14.5. The van der Waals surface area contributed by atoms with Gasteiger partial charge in [-0.1, -0.05) is 36.4 Å². The van der Waals surface area contributed by atoms with E-state index in [4.69, 9.17) is 0 Å². The summed E-state index contributed by atoms with van der Waals surface area (Å²) >= 11 is 0. The van der Waals surface area contributed by atoms with Gasteiger partial charge in [-0.15, -0.1) is 0 Å². The van der Waals surface area contributed by atoms with Crippen LogP contribution >= 0.6 is 0 Å². The Balaban J connectivity index is 1.58. The zero-order chi connectivity index (χ0) is 40.1. The smallest absolute Gasteiger partial charge is 0.272 e. The Hall–Kier alpha value is -8.00. The summed E-state index contributed by atoms with van der Waals surface area (Å²) in [5.74, 6) is -4.92. The Kier molecular flexibility index (Phi) is 10.7. The van der Waals surface area contributed by atoms with Crippen LogP contribution in [-0.4, -0.2) is 62.3 Å². The number of aromatic hydroxyl groups is 9. The molecule has 6 aromatic rings. The molecule has 5 aromatic carbocycles. The maximum atomic E-state index is 14.5. The Labute approximate surface area is 318 Å². The first kappa shape index (κ1) is 37.7. The maximum Gasteiger partial charge on any atom is 0.272 e. The molecule has 0 aliphatic heterocycles. The number of nitrogens with one attached hydrogen (secondary N) is 2. The Bertz CT molecular complexity index is 2370. The second kappa shape index (κ2) is 15.9. The van der Waals surface area contributed by atoms with Gasteiger partial charge in [0.05, 0.1) is 0 Å². The van der Waals surface area contributed by atoms with Gasteiger partial charge in [-0.05, 0) is 107 Å². The lowest BCUT2D eigenvalue weighted by atomic mass is 9.93. The number of nitrogens with zero attached hydrogens (tertiary/aromatic N) is 1. The van der Waals surface area contributed by atoms with Crippen LogP contribution in [0.15, 0.2) is 109 Å². The highest BCUT2D eigenvalue weighted by atomic mass is 16.3. The molecule has 0 atom stereocenters. The fourth-order valence-corrected chi connectivity index (χ4v) is 5.99. The number of aromatic nitrogens is 1. The summed E-state index contributed by atoms with van der Waals surface area (Å²) < 4.78 is 1.44. The van der Waals surface area contributed by atoms with E-state index in [1.165, 1.54) is 114 Å². The molecular weight excluding hydrogens is 722 g/mol. The molecule has 0 fully saturated rings. The molecule has 0 radical (unpaired) electrons. The third-order valence-electron chi connectivity index (χ3n) is 8.76. The van der Waals surface area contributed by atoms with Crippen molar-refractivity contribution in [3.63, 3.8) is 0 Å². The van der Waals surface area contributed by atoms with E-state index in [1.807, 2.05) is 0 Å². The van der Waals surface area contributed by atoms with Crippen LogP contribution in [0, 0.1) is 0 Å². The zero-order valence-electron chi connectivity index (χ0n) is 29.2. The number of aryl methyl sites for hydroxylation is 1. The molecule has 284 valence electrons. The van der Waals surface area contributed by atoms with E-state index in [1.54, 1.807) is 12.1 Å². The summed E-state index contributed by atoms with van der Waals surface area (Å²) in [7, 11) is 0. The fraction of sp³-hybridized carbons (Fsp3) is 0.0476. The first-order chi connectivity index (χ1) is 26.8. The molecule has 0 aliphatic rings. The van der Waals surface area contributed by atoms with Crippen molar-refractivity contribution in [1.29, 1.82) is 0 Å². The highest BCUT2D eigenvalue weighted by Crippen LogP contribution is 2.44. The number of hydrogen-bond acceptors (Lipinski definition) is 11. The third-order valence-corrected chi connectivity index (χ3v) is 8.76. The number of carbonyl (C=O) groups excluding carboxylic acids is 2. The lowest BCUT2D eigenvalue weighted by Crippen LogP contribution is -2.27. The highest BCUT2D eigenvalue weighted by molar-refractivity contribution is 6.12. The van der Waals surface area contributed by atoms with Gasteiger partial charge in [-0.3, -0.25) is 9.59 Å². The molecule has 0 unspecified atom stereocenters. The predicted molar refractivity (Wildman–Crippen MR) is 206 cm³/mol. The standard InChI is InChI=1S/C42H35N3O11/c46-28-7-1-23(2-8-28)15-18-45-39(41(55)43-16-13-24-3-9-29(47)33(51)19-24)37(26-5-11-31(49)35(53)21-26)38(27-6-12-32(50)36(54)22-27)40(45)42(56)44-17-14-25-4-10-30(48)34(52)20-25/h1-14,16-17,19-22,46-54H,15,18H2,(H,43,55)(H,44,56). The molecule has 0 saturated carbocycles. The normalized spacial score (nSPS) is 11.3. The number of hydrogen-bond donors (Lipinski definition) is 11. The van der Waals surface area contributed by atoms with Crippen molar-refractivity contribution in [3.05, 3.63) is 138 Å². The van der Waals surface area contributed by atoms with Crippen LogP contribution in [0.2, 0.25) is 0 Å². The van der Waals surface area contributed by atoms with Gasteiger partial charge in [0.25, 0.3) is 11.8 Å². The third kappa shape index (κ3) is 8.14. The van der Waals surface area contributed by atoms with Gasteiger partial charge < -0.3 is 61.2 Å². The van der Waals surface area contributed by atoms with Crippen LogP contribution in [0.1, 0.15) is 37.7 Å². The summed E-state index contributed by atoms with van der Waals surface area (Å²) in [6.45, 7) is -0.0253. The van der Waals surface area contributed by atoms with Crippen LogP contribution in [0.3, 0.4) is 0 Å². The number of amides is 2. The minimum Gasteiger partial charge on any atom is -0.508 e. The second-order valence-corrected chi connectivity index (χ2v) is 12.5. The first-order valence-electron chi connectivity index (χ1n) is 16.9. The molecule has 14 nitrogen and oxygen atoms in total. The minimum atomic E-state index is -0.754. The van der Waals surface area contributed by atoms with Crippen molar-refractivity contribution < 1.29 is 55.5 Å². The predicted octanol–water partition coefficient (Wildman–Crippen LogP) is 6.22. The quantitative estimate of drug-likeness (QED) is 0.0663. The first-order valence-corrected chi connectivity index (χ1v) is 16.9. The average molecular weight is 758 g/mol. The van der Waals surface area contributed by atoms with Crippen molar-refractivity contribution in [2.24, 2.45) is 0 Å². The number of carbonyl (C=O) groups is 2. The van der Waals surface area contributed by atoms with E-state index in [0.29, 0.717) is 11.1 Å². The molecule has 0 bridgehead atoms. The SMILES string of the molecule is O=C(NC=Cc1ccc(O)c(O)c1)c1c(-c2ccc(O)c(O)c2)c(-c2ccc(O)c(O)c2)c(C(=O)NC=Cc2ccc(O)c(O)c2)n1CCc1ccc(O)cc1. The van der Waals surface area contributed by atoms with E-state index in [2.05, 4.69) is 10.6 Å². The van der Waals surface area contributed by atoms with Crippen LogP contribution in [-0.2, 0) is 13.0 Å². The summed E-state index contributed by atoms with van der Waals surface area (Å²) in [5.41, 5.74) is 1.87. The molecule has 2 amide bonds. The lowest BCUT2D eigenvalue weighted by molar-refractivity contribution is 0.0955. The Morgan fingerprint density at radius 3 is 1.27 bits per heavy atom. The lowest BCUT2D eigenvalue weighted by Gasteiger charge is -2.14. The number of benzene rings is 5. The largest absolute Gasteiger partial charge is 0.508 e. The van der Waals surface area contributed by atoms with Gasteiger partial charge >= 0.3 is 0 Å². The molecule has 56 heavy (non-hydrogen) atoms. The molecule has 1 heterocycles. The van der Waals surface area contributed by atoms with E-state index in [0.717, 1.165) is 5.56 Å². The second-order valence-electron chi connectivity index (χ2n) is 12.5. The highest BCUT2D eigenvalue weighted by Gasteiger charge is 2.32. The molecule has 1 aromatic heterocycles. The van der Waals surface area contributed by atoms with Gasteiger partial charge in [-0.2, -0.15) is 0 Å². The van der Waals surface area contributed by atoms with Gasteiger partial charge in [0.15, 0.2) is 46.0 Å². The van der Waals surface area contributed by atoms with E-state index in [9.17, 15) is 55.5 Å². The van der Waals surface area contributed by atoms with Gasteiger partial charge in [-0.25, -0.2) is 0 Å². The number of rotatable bonds is 11. The van der Waals surface area contributed by atoms with Crippen molar-refractivity contribution >= 4 is 24.0 Å². The Morgan fingerprint density at radius 2 is 0.875 bits per heavy atom. The van der Waals surface area contributed by atoms with Crippen molar-refractivity contribution in [1.82, 2.24) is 15.2 Å². The molecule has 0 saturated heterocycles. The van der Waals surface area contributed by atoms with Gasteiger partial charge in [0, 0.05) is 30.1 Å². The van der Waals surface area contributed by atoms with Gasteiger partial charge in [0.1, 0.15) is 17.1 Å². The number of phenols is 9. The van der Waals surface area contributed by atoms with Crippen LogP contribution < -0.4 is 10.6 Å². The van der Waals surface area contributed by atoms with Crippen LogP contribution in [0.4, 0.5) is 0 Å².